The number of hydrogen-bond donors (Lipinski definition) is 4. The molecule has 0 aliphatic carbocycles. The number of hydrogen-bond acceptors (Lipinski definition) is 7. The standard InChI is InChI=1S/C16H23IN4O4/c1-2-3-4-5-18-14-11-9(17)6-21(15(11)20-8-19-14)16-13(24)12(23)10(7-22)25-16/h6,8,10,12-13,16,22-24H,2-5,7H2,1H3,(H,18,19,20)/t10-,12-,13-,16-/m1/s1. The van der Waals surface area contributed by atoms with Crippen molar-refractivity contribution < 1.29 is 20.1 Å². The molecule has 9 heteroatoms. The highest BCUT2D eigenvalue weighted by Gasteiger charge is 2.44. The molecule has 3 rings (SSSR count). The van der Waals surface area contributed by atoms with Crippen LogP contribution in [0.4, 0.5) is 5.82 Å². The van der Waals surface area contributed by atoms with Crippen molar-refractivity contribution in [3.8, 4) is 0 Å². The third-order valence-corrected chi connectivity index (χ3v) is 5.25. The summed E-state index contributed by atoms with van der Waals surface area (Å²) in [7, 11) is 0. The van der Waals surface area contributed by atoms with Crippen LogP contribution in [-0.2, 0) is 4.74 Å². The Kier molecular flexibility index (Phi) is 6.10. The van der Waals surface area contributed by atoms with E-state index < -0.39 is 24.5 Å². The highest BCUT2D eigenvalue weighted by Crippen LogP contribution is 2.35. The Morgan fingerprint density at radius 3 is 2.76 bits per heavy atom. The zero-order chi connectivity index (χ0) is 18.0. The summed E-state index contributed by atoms with van der Waals surface area (Å²) in [6, 6.07) is 0. The molecule has 0 spiro atoms. The molecule has 138 valence electrons. The van der Waals surface area contributed by atoms with E-state index in [1.165, 1.54) is 6.33 Å². The molecule has 1 aliphatic rings. The molecular weight excluding hydrogens is 439 g/mol. The van der Waals surface area contributed by atoms with Crippen molar-refractivity contribution in [2.24, 2.45) is 0 Å². The number of halogens is 1. The lowest BCUT2D eigenvalue weighted by atomic mass is 10.1. The molecule has 3 heterocycles. The van der Waals surface area contributed by atoms with Crippen LogP contribution in [0.1, 0.15) is 32.4 Å². The zero-order valence-corrected chi connectivity index (χ0v) is 16.1. The first-order chi connectivity index (χ1) is 12.1. The Hall–Kier alpha value is -1.01. The van der Waals surface area contributed by atoms with Crippen molar-refractivity contribution in [2.75, 3.05) is 18.5 Å². The molecule has 0 amide bonds. The van der Waals surface area contributed by atoms with Gasteiger partial charge in [-0.2, -0.15) is 0 Å². The summed E-state index contributed by atoms with van der Waals surface area (Å²) in [5.74, 6) is 0.746. The van der Waals surface area contributed by atoms with Gasteiger partial charge in [-0.05, 0) is 29.0 Å². The summed E-state index contributed by atoms with van der Waals surface area (Å²) < 4.78 is 8.24. The van der Waals surface area contributed by atoms with E-state index in [-0.39, 0.29) is 6.61 Å². The van der Waals surface area contributed by atoms with Gasteiger partial charge < -0.3 is 29.9 Å². The van der Waals surface area contributed by atoms with Gasteiger partial charge in [0.1, 0.15) is 36.1 Å². The molecule has 2 aromatic heterocycles. The van der Waals surface area contributed by atoms with Crippen LogP contribution in [0.5, 0.6) is 0 Å². The second-order valence-electron chi connectivity index (χ2n) is 6.17. The van der Waals surface area contributed by atoms with Gasteiger partial charge >= 0.3 is 0 Å². The summed E-state index contributed by atoms with van der Waals surface area (Å²) in [6.45, 7) is 2.63. The molecule has 1 fully saturated rings. The molecule has 0 bridgehead atoms. The number of ether oxygens (including phenoxy) is 1. The second kappa shape index (κ2) is 8.12. The SMILES string of the molecule is CCCCCNc1ncnc2c1c(I)cn2[C@@H]1O[C@H](CO)[C@@H](O)[C@H]1O. The summed E-state index contributed by atoms with van der Waals surface area (Å²) in [6.07, 6.45) is 2.76. The van der Waals surface area contributed by atoms with Gasteiger partial charge in [0.05, 0.1) is 12.0 Å². The van der Waals surface area contributed by atoms with E-state index in [1.807, 2.05) is 6.20 Å². The summed E-state index contributed by atoms with van der Waals surface area (Å²) >= 11 is 2.20. The molecule has 1 saturated heterocycles. The highest BCUT2D eigenvalue weighted by atomic mass is 127. The molecule has 8 nitrogen and oxygen atoms in total. The Balaban J connectivity index is 1.91. The smallest absolute Gasteiger partial charge is 0.164 e. The number of aromatic nitrogens is 3. The first kappa shape index (κ1) is 18.8. The number of rotatable bonds is 7. The van der Waals surface area contributed by atoms with Crippen molar-refractivity contribution >= 4 is 39.4 Å². The van der Waals surface area contributed by atoms with E-state index in [4.69, 9.17) is 4.74 Å². The maximum Gasteiger partial charge on any atom is 0.164 e. The monoisotopic (exact) mass is 462 g/mol. The Morgan fingerprint density at radius 2 is 2.08 bits per heavy atom. The minimum atomic E-state index is -1.14. The third-order valence-electron chi connectivity index (χ3n) is 4.43. The lowest BCUT2D eigenvalue weighted by molar-refractivity contribution is -0.0509. The van der Waals surface area contributed by atoms with Crippen molar-refractivity contribution in [3.05, 3.63) is 16.1 Å². The molecule has 0 aromatic carbocycles. The molecule has 2 aromatic rings. The van der Waals surface area contributed by atoms with Crippen LogP contribution in [0, 0.1) is 3.57 Å². The van der Waals surface area contributed by atoms with Gasteiger partial charge in [-0.15, -0.1) is 0 Å². The van der Waals surface area contributed by atoms with Gasteiger partial charge in [-0.25, -0.2) is 9.97 Å². The van der Waals surface area contributed by atoms with Gasteiger partial charge in [-0.1, -0.05) is 19.8 Å². The fraction of sp³-hybridized carbons (Fsp3) is 0.625. The fourth-order valence-electron chi connectivity index (χ4n) is 3.06. The van der Waals surface area contributed by atoms with E-state index in [0.29, 0.717) is 5.65 Å². The van der Waals surface area contributed by atoms with E-state index in [9.17, 15) is 15.3 Å². The topological polar surface area (TPSA) is 113 Å². The van der Waals surface area contributed by atoms with Crippen LogP contribution >= 0.6 is 22.6 Å². The molecule has 25 heavy (non-hydrogen) atoms. The first-order valence-corrected chi connectivity index (χ1v) is 9.53. The Bertz CT molecular complexity index is 725. The van der Waals surface area contributed by atoms with E-state index in [2.05, 4.69) is 44.8 Å². The molecule has 0 radical (unpaired) electrons. The largest absolute Gasteiger partial charge is 0.394 e. The second-order valence-corrected chi connectivity index (χ2v) is 7.33. The van der Waals surface area contributed by atoms with Gasteiger partial charge in [0.2, 0.25) is 0 Å². The molecule has 0 saturated carbocycles. The van der Waals surface area contributed by atoms with Crippen LogP contribution in [0.15, 0.2) is 12.5 Å². The summed E-state index contributed by atoms with van der Waals surface area (Å²) in [5, 5.41) is 33.8. The zero-order valence-electron chi connectivity index (χ0n) is 14.0. The lowest BCUT2D eigenvalue weighted by Gasteiger charge is -2.17. The van der Waals surface area contributed by atoms with Crippen LogP contribution in [0.25, 0.3) is 11.0 Å². The maximum atomic E-state index is 10.3. The lowest BCUT2D eigenvalue weighted by Crippen LogP contribution is -2.33. The molecular formula is C16H23IN4O4. The van der Waals surface area contributed by atoms with Crippen LogP contribution in [0.3, 0.4) is 0 Å². The van der Waals surface area contributed by atoms with Gasteiger partial charge in [0.25, 0.3) is 0 Å². The quantitative estimate of drug-likeness (QED) is 0.362. The van der Waals surface area contributed by atoms with Gasteiger partial charge in [-0.3, -0.25) is 0 Å². The van der Waals surface area contributed by atoms with Gasteiger partial charge in [0, 0.05) is 16.3 Å². The summed E-state index contributed by atoms with van der Waals surface area (Å²) in [4.78, 5) is 8.67. The maximum absolute atomic E-state index is 10.3. The summed E-state index contributed by atoms with van der Waals surface area (Å²) in [5.41, 5.74) is 0.618. The number of aliphatic hydroxyl groups is 3. The third kappa shape index (κ3) is 3.61. The van der Waals surface area contributed by atoms with Gasteiger partial charge in [0.15, 0.2) is 6.23 Å². The van der Waals surface area contributed by atoms with Crippen LogP contribution < -0.4 is 5.32 Å². The minimum Gasteiger partial charge on any atom is -0.394 e. The number of fused-ring (bicyclic) bond motifs is 1. The van der Waals surface area contributed by atoms with Crippen molar-refractivity contribution in [2.45, 2.75) is 50.7 Å². The van der Waals surface area contributed by atoms with Crippen LogP contribution in [0.2, 0.25) is 0 Å². The number of unbranched alkanes of at least 4 members (excludes halogenated alkanes) is 2. The Morgan fingerprint density at radius 1 is 1.28 bits per heavy atom. The minimum absolute atomic E-state index is 0.357. The van der Waals surface area contributed by atoms with Crippen molar-refractivity contribution in [1.29, 1.82) is 0 Å². The van der Waals surface area contributed by atoms with E-state index >= 15 is 0 Å². The van der Waals surface area contributed by atoms with Crippen molar-refractivity contribution in [3.63, 3.8) is 0 Å². The van der Waals surface area contributed by atoms with Crippen LogP contribution in [-0.4, -0.2) is 61.3 Å². The average molecular weight is 462 g/mol. The predicted octanol–water partition coefficient (Wildman–Crippen LogP) is 1.25. The number of aliphatic hydroxyl groups excluding tert-OH is 3. The Labute approximate surface area is 159 Å². The molecule has 0 unspecified atom stereocenters. The molecule has 4 atom stereocenters. The predicted molar refractivity (Wildman–Crippen MR) is 101 cm³/mol. The van der Waals surface area contributed by atoms with Crippen molar-refractivity contribution in [1.82, 2.24) is 14.5 Å². The average Bonchev–Trinajstić information content (AvgIpc) is 3.10. The molecule has 1 aliphatic heterocycles. The normalized spacial score (nSPS) is 26.4. The highest BCUT2D eigenvalue weighted by molar-refractivity contribution is 14.1. The first-order valence-electron chi connectivity index (χ1n) is 8.45. The van der Waals surface area contributed by atoms with E-state index in [1.54, 1.807) is 4.57 Å². The fourth-order valence-corrected chi connectivity index (χ4v) is 3.86. The van der Waals surface area contributed by atoms with E-state index in [0.717, 1.165) is 40.6 Å². The molecule has 4 N–H and O–H groups in total. The number of anilines is 1. The number of nitrogens with one attached hydrogen (secondary N) is 1. The number of nitrogens with zero attached hydrogens (tertiary/aromatic N) is 3.